The van der Waals surface area contributed by atoms with E-state index < -0.39 is 0 Å². The maximum Gasteiger partial charge on any atom is 0.0889 e. The van der Waals surface area contributed by atoms with Crippen LogP contribution in [0.15, 0.2) is 0 Å². The third kappa shape index (κ3) is 1.36. The zero-order valence-electron chi connectivity index (χ0n) is 9.42. The predicted octanol–water partition coefficient (Wildman–Crippen LogP) is 2.53. The lowest BCUT2D eigenvalue weighted by molar-refractivity contribution is 0.407. The van der Waals surface area contributed by atoms with Crippen molar-refractivity contribution >= 4 is 5.69 Å². The number of nitrogens with one attached hydrogen (secondary N) is 1. The van der Waals surface area contributed by atoms with E-state index in [2.05, 4.69) is 16.9 Å². The van der Waals surface area contributed by atoms with Crippen LogP contribution in [0.25, 0.3) is 0 Å². The van der Waals surface area contributed by atoms with Crippen LogP contribution in [0, 0.1) is 0 Å². The van der Waals surface area contributed by atoms with Crippen LogP contribution < -0.4 is 5.32 Å². The number of fused-ring (bicyclic) bond motifs is 1. The minimum absolute atomic E-state index is 0.747. The van der Waals surface area contributed by atoms with Gasteiger partial charge in [-0.15, -0.1) is 0 Å². The fourth-order valence-electron chi connectivity index (χ4n) is 2.66. The first kappa shape index (κ1) is 9.25. The van der Waals surface area contributed by atoms with Crippen LogP contribution >= 0.6 is 0 Å². The number of rotatable bonds is 2. The van der Waals surface area contributed by atoms with Gasteiger partial charge in [-0.05, 0) is 32.6 Å². The highest BCUT2D eigenvalue weighted by atomic mass is 15.3. The second-order valence-electron chi connectivity index (χ2n) is 4.68. The Morgan fingerprint density at radius 2 is 2.27 bits per heavy atom. The van der Waals surface area contributed by atoms with Crippen LogP contribution in [0.4, 0.5) is 5.69 Å². The molecule has 1 saturated carbocycles. The fraction of sp³-hybridized carbons (Fsp3) is 0.750. The van der Waals surface area contributed by atoms with Crippen molar-refractivity contribution in [2.24, 2.45) is 0 Å². The highest BCUT2D eigenvalue weighted by molar-refractivity contribution is 5.56. The number of hydrogen-bond donors (Lipinski definition) is 1. The largest absolute Gasteiger partial charge is 0.382 e. The van der Waals surface area contributed by atoms with Crippen molar-refractivity contribution in [3.63, 3.8) is 0 Å². The summed E-state index contributed by atoms with van der Waals surface area (Å²) in [4.78, 5) is 0. The fourth-order valence-corrected chi connectivity index (χ4v) is 2.66. The number of nitrogens with zero attached hydrogens (tertiary/aromatic N) is 2. The van der Waals surface area contributed by atoms with Crippen LogP contribution in [0.3, 0.4) is 0 Å². The average molecular weight is 205 g/mol. The predicted molar refractivity (Wildman–Crippen MR) is 61.3 cm³/mol. The molecule has 1 aromatic rings. The van der Waals surface area contributed by atoms with E-state index in [1.807, 2.05) is 0 Å². The third-order valence-electron chi connectivity index (χ3n) is 3.77. The topological polar surface area (TPSA) is 29.9 Å². The molecule has 1 aliphatic carbocycles. The molecule has 0 bridgehead atoms. The summed E-state index contributed by atoms with van der Waals surface area (Å²) in [6.45, 7) is 4.32. The summed E-state index contributed by atoms with van der Waals surface area (Å²) < 4.78 is 2.20. The lowest BCUT2D eigenvalue weighted by Crippen LogP contribution is -2.16. The van der Waals surface area contributed by atoms with Gasteiger partial charge >= 0.3 is 0 Å². The molecule has 0 radical (unpaired) electrons. The molecule has 0 unspecified atom stereocenters. The van der Waals surface area contributed by atoms with E-state index in [0.717, 1.165) is 19.0 Å². The van der Waals surface area contributed by atoms with Gasteiger partial charge in [-0.2, -0.15) is 5.10 Å². The minimum atomic E-state index is 0.747. The molecule has 82 valence electrons. The first-order chi connectivity index (χ1) is 7.40. The Kier molecular flexibility index (Phi) is 2.19. The molecule has 3 heteroatoms. The van der Waals surface area contributed by atoms with Gasteiger partial charge < -0.3 is 5.32 Å². The quantitative estimate of drug-likeness (QED) is 0.804. The molecule has 1 fully saturated rings. The molecule has 3 rings (SSSR count). The average Bonchev–Trinajstić information content (AvgIpc) is 2.55. The lowest BCUT2D eigenvalue weighted by Gasteiger charge is -2.25. The molecule has 0 saturated heterocycles. The third-order valence-corrected chi connectivity index (χ3v) is 3.77. The number of anilines is 1. The molecule has 1 N–H and O–H groups in total. The van der Waals surface area contributed by atoms with Crippen molar-refractivity contribution in [3.05, 3.63) is 11.4 Å². The molecule has 15 heavy (non-hydrogen) atoms. The van der Waals surface area contributed by atoms with Gasteiger partial charge in [-0.3, -0.25) is 4.68 Å². The van der Waals surface area contributed by atoms with Crippen molar-refractivity contribution in [3.8, 4) is 0 Å². The van der Waals surface area contributed by atoms with Crippen molar-refractivity contribution in [2.75, 3.05) is 11.9 Å². The zero-order valence-corrected chi connectivity index (χ0v) is 9.42. The zero-order chi connectivity index (χ0) is 10.3. The van der Waals surface area contributed by atoms with E-state index in [9.17, 15) is 0 Å². The van der Waals surface area contributed by atoms with Crippen molar-refractivity contribution in [1.29, 1.82) is 0 Å². The van der Waals surface area contributed by atoms with Gasteiger partial charge in [0.2, 0.25) is 0 Å². The number of aryl methyl sites for hydroxylation is 1. The monoisotopic (exact) mass is 205 g/mol. The Bertz CT molecular complexity index is 363. The highest BCUT2D eigenvalue weighted by Gasteiger charge is 2.29. The van der Waals surface area contributed by atoms with E-state index >= 15 is 0 Å². The van der Waals surface area contributed by atoms with E-state index in [4.69, 9.17) is 5.10 Å². The number of aromatic nitrogens is 2. The smallest absolute Gasteiger partial charge is 0.0889 e. The van der Waals surface area contributed by atoms with E-state index in [1.165, 1.54) is 49.2 Å². The molecular weight excluding hydrogens is 186 g/mol. The first-order valence-electron chi connectivity index (χ1n) is 6.23. The Labute approximate surface area is 90.9 Å². The summed E-state index contributed by atoms with van der Waals surface area (Å²) in [5, 5.41) is 8.34. The summed E-state index contributed by atoms with van der Waals surface area (Å²) in [6.07, 6.45) is 6.53. The number of hydrogen-bond acceptors (Lipinski definition) is 2. The van der Waals surface area contributed by atoms with Gasteiger partial charge in [0.1, 0.15) is 0 Å². The van der Waals surface area contributed by atoms with Crippen LogP contribution in [-0.2, 0) is 13.0 Å². The van der Waals surface area contributed by atoms with Gasteiger partial charge in [0.25, 0.3) is 0 Å². The lowest BCUT2D eigenvalue weighted by atomic mass is 9.82. The van der Waals surface area contributed by atoms with Gasteiger partial charge in [0.15, 0.2) is 0 Å². The molecule has 1 aliphatic heterocycles. The van der Waals surface area contributed by atoms with Gasteiger partial charge in [0, 0.05) is 19.0 Å². The molecule has 0 spiro atoms. The second kappa shape index (κ2) is 3.54. The van der Waals surface area contributed by atoms with Gasteiger partial charge in [0.05, 0.1) is 17.1 Å². The molecule has 2 aliphatic rings. The summed E-state index contributed by atoms with van der Waals surface area (Å²) in [5.74, 6) is 0.747. The van der Waals surface area contributed by atoms with Crippen LogP contribution in [0.5, 0.6) is 0 Å². The van der Waals surface area contributed by atoms with Crippen molar-refractivity contribution in [1.82, 2.24) is 9.78 Å². The van der Waals surface area contributed by atoms with Crippen LogP contribution in [0.1, 0.15) is 49.9 Å². The molecular formula is C12H19N3. The van der Waals surface area contributed by atoms with Crippen molar-refractivity contribution < 1.29 is 0 Å². The standard InChI is InChI=1S/C12H19N3/c1-2-15-10-7-4-8-13-12(10)11(14-15)9-5-3-6-9/h9,13H,2-8H2,1H3. The van der Waals surface area contributed by atoms with Gasteiger partial charge in [-0.1, -0.05) is 6.42 Å². The summed E-state index contributed by atoms with van der Waals surface area (Å²) in [6, 6.07) is 0. The molecule has 0 aromatic carbocycles. The Hall–Kier alpha value is -0.990. The van der Waals surface area contributed by atoms with E-state index in [-0.39, 0.29) is 0 Å². The second-order valence-corrected chi connectivity index (χ2v) is 4.68. The van der Waals surface area contributed by atoms with Crippen LogP contribution in [0.2, 0.25) is 0 Å². The Morgan fingerprint density at radius 1 is 1.40 bits per heavy atom. The SMILES string of the molecule is CCn1nc(C2CCC2)c2c1CCCN2. The van der Waals surface area contributed by atoms with E-state index in [1.54, 1.807) is 0 Å². The Balaban J connectivity index is 2.01. The summed E-state index contributed by atoms with van der Waals surface area (Å²) in [7, 11) is 0. The minimum Gasteiger partial charge on any atom is -0.382 e. The Morgan fingerprint density at radius 3 is 2.93 bits per heavy atom. The normalized spacial score (nSPS) is 20.6. The van der Waals surface area contributed by atoms with E-state index in [0.29, 0.717) is 0 Å². The molecule has 3 nitrogen and oxygen atoms in total. The van der Waals surface area contributed by atoms with Crippen molar-refractivity contribution in [2.45, 2.75) is 51.5 Å². The summed E-state index contributed by atoms with van der Waals surface area (Å²) >= 11 is 0. The van der Waals surface area contributed by atoms with Crippen LogP contribution in [-0.4, -0.2) is 16.3 Å². The maximum atomic E-state index is 4.79. The van der Waals surface area contributed by atoms with Gasteiger partial charge in [-0.25, -0.2) is 0 Å². The molecule has 0 amide bonds. The highest BCUT2D eigenvalue weighted by Crippen LogP contribution is 2.41. The first-order valence-corrected chi connectivity index (χ1v) is 6.23. The molecule has 0 atom stereocenters. The summed E-state index contributed by atoms with van der Waals surface area (Å²) in [5.41, 5.74) is 4.19. The molecule has 2 heterocycles. The maximum absolute atomic E-state index is 4.79. The molecule has 1 aromatic heterocycles.